The zero-order chi connectivity index (χ0) is 21.1. The molecule has 6 heteroatoms. The highest BCUT2D eigenvalue weighted by molar-refractivity contribution is 5.80. The number of allylic oxidation sites excluding steroid dienone is 1. The molecule has 1 heterocycles. The Hall–Kier alpha value is -2.73. The third-order valence-electron chi connectivity index (χ3n) is 3.57. The van der Waals surface area contributed by atoms with Crippen LogP contribution in [0.4, 0.5) is 0 Å². The quantitative estimate of drug-likeness (QED) is 0.611. The highest BCUT2D eigenvalue weighted by Gasteiger charge is 2.21. The number of hydrogen-bond acceptors (Lipinski definition) is 4. The smallest absolute Gasteiger partial charge is 0.236 e. The van der Waals surface area contributed by atoms with E-state index in [1.54, 1.807) is 0 Å². The first-order valence-electron chi connectivity index (χ1n) is 8.90. The molecule has 2 amide bonds. The Morgan fingerprint density at radius 2 is 1.96 bits per heavy atom. The van der Waals surface area contributed by atoms with Crippen molar-refractivity contribution in [1.82, 2.24) is 10.4 Å². The molecule has 3 N–H and O–H groups in total. The maximum atomic E-state index is 10.6. The van der Waals surface area contributed by atoms with Gasteiger partial charge in [0.15, 0.2) is 0 Å². The van der Waals surface area contributed by atoms with Gasteiger partial charge >= 0.3 is 0 Å². The SMILES string of the molecule is C=CCC.C=Cc1cccc(CC)c1.C=O.NC(=O)C1CCCN(C=O)N1. The molecule has 2 rings (SSSR count). The Kier molecular flexibility index (Phi) is 17.7. The van der Waals surface area contributed by atoms with Crippen molar-refractivity contribution in [3.8, 4) is 0 Å². The minimum Gasteiger partial charge on any atom is -0.368 e. The van der Waals surface area contributed by atoms with E-state index in [9.17, 15) is 9.59 Å². The summed E-state index contributed by atoms with van der Waals surface area (Å²) in [6.07, 6.45) is 8.12. The van der Waals surface area contributed by atoms with Gasteiger partial charge in [0.2, 0.25) is 12.3 Å². The lowest BCUT2D eigenvalue weighted by Gasteiger charge is -2.28. The summed E-state index contributed by atoms with van der Waals surface area (Å²) in [4.78, 5) is 28.9. The number of nitrogens with zero attached hydrogens (tertiary/aromatic N) is 1. The first-order valence-corrected chi connectivity index (χ1v) is 8.90. The van der Waals surface area contributed by atoms with Crippen LogP contribution in [0.2, 0.25) is 0 Å². The van der Waals surface area contributed by atoms with Gasteiger partial charge in [0, 0.05) is 6.54 Å². The molecule has 1 saturated heterocycles. The number of nitrogens with one attached hydrogen (secondary N) is 1. The van der Waals surface area contributed by atoms with E-state index >= 15 is 0 Å². The van der Waals surface area contributed by atoms with Crippen molar-refractivity contribution in [1.29, 1.82) is 0 Å². The van der Waals surface area contributed by atoms with Gasteiger partial charge in [-0.1, -0.05) is 56.8 Å². The zero-order valence-corrected chi connectivity index (χ0v) is 16.5. The summed E-state index contributed by atoms with van der Waals surface area (Å²) in [5, 5.41) is 1.35. The highest BCUT2D eigenvalue weighted by Crippen LogP contribution is 2.06. The molecule has 1 aromatic carbocycles. The molecule has 0 saturated carbocycles. The number of primary amides is 1. The average molecular weight is 376 g/mol. The van der Waals surface area contributed by atoms with Crippen molar-refractivity contribution < 1.29 is 14.4 Å². The van der Waals surface area contributed by atoms with Crippen LogP contribution in [0.1, 0.15) is 44.2 Å². The summed E-state index contributed by atoms with van der Waals surface area (Å²) in [5.74, 6) is -0.406. The van der Waals surface area contributed by atoms with Crippen LogP contribution in [0.3, 0.4) is 0 Å². The van der Waals surface area contributed by atoms with Crippen molar-refractivity contribution in [3.05, 3.63) is 54.6 Å². The van der Waals surface area contributed by atoms with Gasteiger partial charge in [0.1, 0.15) is 12.8 Å². The second-order valence-corrected chi connectivity index (χ2v) is 5.52. The number of benzene rings is 1. The third-order valence-corrected chi connectivity index (χ3v) is 3.57. The Morgan fingerprint density at radius 3 is 2.41 bits per heavy atom. The Labute approximate surface area is 163 Å². The first kappa shape index (κ1) is 26.5. The molecule has 150 valence electrons. The minimum atomic E-state index is -0.406. The number of nitrogens with two attached hydrogens (primary N) is 1. The summed E-state index contributed by atoms with van der Waals surface area (Å²) in [7, 11) is 0. The fourth-order valence-corrected chi connectivity index (χ4v) is 2.02. The van der Waals surface area contributed by atoms with E-state index in [0.717, 1.165) is 19.3 Å². The van der Waals surface area contributed by atoms with Crippen molar-refractivity contribution in [2.75, 3.05) is 6.54 Å². The molecule has 27 heavy (non-hydrogen) atoms. The maximum absolute atomic E-state index is 10.6. The second-order valence-electron chi connectivity index (χ2n) is 5.52. The van der Waals surface area contributed by atoms with Crippen molar-refractivity contribution in [2.24, 2.45) is 5.73 Å². The van der Waals surface area contributed by atoms with Crippen LogP contribution in [0.25, 0.3) is 6.08 Å². The number of aryl methyl sites for hydroxylation is 1. The average Bonchev–Trinajstić information content (AvgIpc) is 2.75. The summed E-state index contributed by atoms with van der Waals surface area (Å²) < 4.78 is 0. The summed E-state index contributed by atoms with van der Waals surface area (Å²) in [6.45, 7) is 14.0. The predicted molar refractivity (Wildman–Crippen MR) is 112 cm³/mol. The van der Waals surface area contributed by atoms with Gasteiger partial charge in [-0.2, -0.15) is 0 Å². The fraction of sp³-hybridized carbons (Fsp3) is 0.381. The molecule has 1 atom stereocenters. The molecule has 0 radical (unpaired) electrons. The molecule has 1 aliphatic heterocycles. The van der Waals surface area contributed by atoms with Crippen LogP contribution in [0.15, 0.2) is 43.5 Å². The standard InChI is InChI=1S/C10H12.C6H11N3O2.C4H8.CH2O/c1-3-9-6-5-7-10(4-2)8-9;7-6(11)5-2-1-3-9(4-10)8-5;1-3-4-2;1-2/h3,5-8H,1,4H2,2H3;4-5,8H,1-3H2,(H2,7,11);3H,1,4H2,2H3;1H2. The monoisotopic (exact) mass is 375 g/mol. The second kappa shape index (κ2) is 18.1. The van der Waals surface area contributed by atoms with Gasteiger partial charge in [-0.05, 0) is 36.8 Å². The zero-order valence-electron chi connectivity index (χ0n) is 16.5. The summed E-state index contributed by atoms with van der Waals surface area (Å²) >= 11 is 0. The highest BCUT2D eigenvalue weighted by atomic mass is 16.2. The minimum absolute atomic E-state index is 0.381. The molecule has 1 aromatic rings. The Balaban J connectivity index is 0. The molecule has 0 aromatic heterocycles. The normalized spacial score (nSPS) is 14.6. The maximum Gasteiger partial charge on any atom is 0.236 e. The number of carbonyl (C=O) groups is 3. The lowest BCUT2D eigenvalue weighted by atomic mass is 10.1. The molecular weight excluding hydrogens is 342 g/mol. The molecule has 0 spiro atoms. The number of rotatable bonds is 5. The van der Waals surface area contributed by atoms with Crippen molar-refractivity contribution in [3.63, 3.8) is 0 Å². The van der Waals surface area contributed by atoms with E-state index in [4.69, 9.17) is 10.5 Å². The Bertz CT molecular complexity index is 561. The van der Waals surface area contributed by atoms with Crippen LogP contribution in [0, 0.1) is 0 Å². The van der Waals surface area contributed by atoms with Gasteiger partial charge in [0.05, 0.1) is 0 Å². The number of carbonyl (C=O) groups excluding carboxylic acids is 3. The molecule has 6 nitrogen and oxygen atoms in total. The summed E-state index contributed by atoms with van der Waals surface area (Å²) in [5.41, 5.74) is 10.3. The van der Waals surface area contributed by atoms with E-state index < -0.39 is 5.91 Å². The topological polar surface area (TPSA) is 92.5 Å². The van der Waals surface area contributed by atoms with Crippen LogP contribution in [0.5, 0.6) is 0 Å². The number of hydrogen-bond donors (Lipinski definition) is 2. The van der Waals surface area contributed by atoms with E-state index in [1.807, 2.05) is 18.9 Å². The molecule has 0 bridgehead atoms. The van der Waals surface area contributed by atoms with Gasteiger partial charge in [0.25, 0.3) is 0 Å². The fourth-order valence-electron chi connectivity index (χ4n) is 2.02. The van der Waals surface area contributed by atoms with Crippen LogP contribution in [-0.4, -0.2) is 36.7 Å². The Morgan fingerprint density at radius 1 is 1.33 bits per heavy atom. The van der Waals surface area contributed by atoms with Crippen molar-refractivity contribution in [2.45, 2.75) is 45.6 Å². The van der Waals surface area contributed by atoms with E-state index in [-0.39, 0.29) is 6.04 Å². The molecule has 1 fully saturated rings. The van der Waals surface area contributed by atoms with Crippen LogP contribution < -0.4 is 11.2 Å². The lowest BCUT2D eigenvalue weighted by Crippen LogP contribution is -2.53. The van der Waals surface area contributed by atoms with Gasteiger partial charge in [-0.15, -0.1) is 6.58 Å². The number of amides is 2. The van der Waals surface area contributed by atoms with Crippen LogP contribution >= 0.6 is 0 Å². The number of hydrazine groups is 1. The molecular formula is C21H33N3O3. The van der Waals surface area contributed by atoms with Gasteiger partial charge in [-0.25, -0.2) is 5.43 Å². The van der Waals surface area contributed by atoms with E-state index in [0.29, 0.717) is 19.4 Å². The van der Waals surface area contributed by atoms with Crippen LogP contribution in [-0.2, 0) is 20.8 Å². The van der Waals surface area contributed by atoms with Crippen molar-refractivity contribution >= 4 is 25.2 Å². The van der Waals surface area contributed by atoms with E-state index in [1.165, 1.54) is 16.1 Å². The molecule has 0 aliphatic carbocycles. The predicted octanol–water partition coefficient (Wildman–Crippen LogP) is 2.89. The third kappa shape index (κ3) is 13.2. The molecule has 1 unspecified atom stereocenters. The largest absolute Gasteiger partial charge is 0.368 e. The van der Waals surface area contributed by atoms with Gasteiger partial charge in [-0.3, -0.25) is 14.6 Å². The molecule has 1 aliphatic rings. The first-order chi connectivity index (χ1) is 13.0. The summed E-state index contributed by atoms with van der Waals surface area (Å²) in [6, 6.07) is 8.04. The lowest BCUT2D eigenvalue weighted by molar-refractivity contribution is -0.128. The van der Waals surface area contributed by atoms with E-state index in [2.05, 4.69) is 56.7 Å². The van der Waals surface area contributed by atoms with Gasteiger partial charge < -0.3 is 10.5 Å².